The summed E-state index contributed by atoms with van der Waals surface area (Å²) in [6.45, 7) is 0. The van der Waals surface area contributed by atoms with Crippen molar-refractivity contribution in [1.29, 1.82) is 0 Å². The van der Waals surface area contributed by atoms with Gasteiger partial charge in [0.2, 0.25) is 0 Å². The van der Waals surface area contributed by atoms with Gasteiger partial charge in [-0.15, -0.1) is 0 Å². The van der Waals surface area contributed by atoms with Crippen LogP contribution in [0.5, 0.6) is 0 Å². The lowest BCUT2D eigenvalue weighted by molar-refractivity contribution is -0.136. The standard InChI is InChI=1S/C10H11BrF3N/c11-8-3-1-2-7(6-8)9(15)4-5-10(12,13)14/h1-3,6,9H,4-5,15H2/t9-/m1/s1. The summed E-state index contributed by atoms with van der Waals surface area (Å²) < 4.78 is 36.7. The van der Waals surface area contributed by atoms with Crippen molar-refractivity contribution in [2.75, 3.05) is 0 Å². The van der Waals surface area contributed by atoms with E-state index in [4.69, 9.17) is 5.73 Å². The maximum atomic E-state index is 11.9. The average Bonchev–Trinajstić information content (AvgIpc) is 2.13. The molecule has 0 fully saturated rings. The first-order chi connectivity index (χ1) is 6.88. The Bertz CT molecular complexity index is 325. The summed E-state index contributed by atoms with van der Waals surface area (Å²) in [5, 5.41) is 0. The molecule has 5 heteroatoms. The summed E-state index contributed by atoms with van der Waals surface area (Å²) in [7, 11) is 0. The zero-order valence-electron chi connectivity index (χ0n) is 7.89. The van der Waals surface area contributed by atoms with Crippen LogP contribution in [0.2, 0.25) is 0 Å². The Morgan fingerprint density at radius 3 is 2.53 bits per heavy atom. The zero-order chi connectivity index (χ0) is 11.5. The summed E-state index contributed by atoms with van der Waals surface area (Å²) >= 11 is 3.24. The number of hydrogen-bond acceptors (Lipinski definition) is 1. The molecule has 0 radical (unpaired) electrons. The zero-order valence-corrected chi connectivity index (χ0v) is 9.48. The van der Waals surface area contributed by atoms with Crippen LogP contribution in [0.15, 0.2) is 28.7 Å². The topological polar surface area (TPSA) is 26.0 Å². The Morgan fingerprint density at radius 1 is 1.33 bits per heavy atom. The molecule has 1 nitrogen and oxygen atoms in total. The van der Waals surface area contributed by atoms with Gasteiger partial charge in [-0.05, 0) is 24.1 Å². The van der Waals surface area contributed by atoms with E-state index in [9.17, 15) is 13.2 Å². The highest BCUT2D eigenvalue weighted by molar-refractivity contribution is 9.10. The molecule has 1 aromatic rings. The van der Waals surface area contributed by atoms with Gasteiger partial charge in [0.15, 0.2) is 0 Å². The number of alkyl halides is 3. The van der Waals surface area contributed by atoms with Crippen molar-refractivity contribution in [3.63, 3.8) is 0 Å². The Balaban J connectivity index is 2.58. The number of nitrogens with two attached hydrogens (primary N) is 1. The highest BCUT2D eigenvalue weighted by Crippen LogP contribution is 2.27. The SMILES string of the molecule is N[C@H](CCC(F)(F)F)c1cccc(Br)c1. The van der Waals surface area contributed by atoms with Crippen molar-refractivity contribution in [3.8, 4) is 0 Å². The van der Waals surface area contributed by atoms with Gasteiger partial charge in [-0.2, -0.15) is 13.2 Å². The number of rotatable bonds is 3. The third kappa shape index (κ3) is 4.66. The Morgan fingerprint density at radius 2 is 2.00 bits per heavy atom. The second-order valence-electron chi connectivity index (χ2n) is 3.32. The van der Waals surface area contributed by atoms with Crippen LogP contribution in [0.4, 0.5) is 13.2 Å². The number of halogens is 4. The smallest absolute Gasteiger partial charge is 0.324 e. The average molecular weight is 282 g/mol. The first-order valence-corrected chi connectivity index (χ1v) is 5.25. The molecule has 0 spiro atoms. The van der Waals surface area contributed by atoms with Gasteiger partial charge < -0.3 is 5.73 Å². The van der Waals surface area contributed by atoms with Crippen LogP contribution in [-0.2, 0) is 0 Å². The van der Waals surface area contributed by atoms with E-state index in [0.29, 0.717) is 5.56 Å². The second-order valence-corrected chi connectivity index (χ2v) is 4.23. The van der Waals surface area contributed by atoms with Gasteiger partial charge in [-0.3, -0.25) is 0 Å². The highest BCUT2D eigenvalue weighted by Gasteiger charge is 2.27. The van der Waals surface area contributed by atoms with Crippen LogP contribution < -0.4 is 5.73 Å². The van der Waals surface area contributed by atoms with Gasteiger partial charge in [0.1, 0.15) is 0 Å². The van der Waals surface area contributed by atoms with E-state index in [-0.39, 0.29) is 6.42 Å². The summed E-state index contributed by atoms with van der Waals surface area (Å²) in [5.74, 6) is 0. The van der Waals surface area contributed by atoms with Crippen molar-refractivity contribution in [3.05, 3.63) is 34.3 Å². The Labute approximate surface area is 94.6 Å². The van der Waals surface area contributed by atoms with Crippen molar-refractivity contribution >= 4 is 15.9 Å². The minimum absolute atomic E-state index is 0.0834. The first kappa shape index (κ1) is 12.5. The van der Waals surface area contributed by atoms with E-state index in [1.165, 1.54) is 0 Å². The van der Waals surface area contributed by atoms with Crippen molar-refractivity contribution < 1.29 is 13.2 Å². The lowest BCUT2D eigenvalue weighted by Gasteiger charge is -2.13. The lowest BCUT2D eigenvalue weighted by atomic mass is 10.0. The van der Waals surface area contributed by atoms with E-state index in [0.717, 1.165) is 4.47 Å². The molecule has 0 aliphatic rings. The molecular weight excluding hydrogens is 271 g/mol. The molecule has 0 saturated carbocycles. The van der Waals surface area contributed by atoms with Crippen LogP contribution in [0.3, 0.4) is 0 Å². The molecule has 0 amide bonds. The van der Waals surface area contributed by atoms with E-state index >= 15 is 0 Å². The predicted molar refractivity (Wildman–Crippen MR) is 56.4 cm³/mol. The van der Waals surface area contributed by atoms with E-state index < -0.39 is 18.6 Å². The number of benzene rings is 1. The predicted octanol–water partition coefficient (Wildman–Crippen LogP) is 3.79. The summed E-state index contributed by atoms with van der Waals surface area (Å²) in [5.41, 5.74) is 6.37. The van der Waals surface area contributed by atoms with Crippen molar-refractivity contribution in [2.24, 2.45) is 5.73 Å². The summed E-state index contributed by atoms with van der Waals surface area (Å²) in [4.78, 5) is 0. The summed E-state index contributed by atoms with van der Waals surface area (Å²) in [6.07, 6.45) is -5.07. The first-order valence-electron chi connectivity index (χ1n) is 4.46. The molecule has 84 valence electrons. The maximum Gasteiger partial charge on any atom is 0.389 e. The minimum Gasteiger partial charge on any atom is -0.324 e. The monoisotopic (exact) mass is 281 g/mol. The van der Waals surface area contributed by atoms with Gasteiger partial charge in [0, 0.05) is 16.9 Å². The molecule has 0 unspecified atom stereocenters. The maximum absolute atomic E-state index is 11.9. The molecule has 0 aromatic heterocycles. The van der Waals surface area contributed by atoms with Gasteiger partial charge in [0.05, 0.1) is 0 Å². The van der Waals surface area contributed by atoms with Crippen LogP contribution >= 0.6 is 15.9 Å². The van der Waals surface area contributed by atoms with Gasteiger partial charge in [-0.1, -0.05) is 28.1 Å². The third-order valence-corrected chi connectivity index (χ3v) is 2.51. The molecule has 15 heavy (non-hydrogen) atoms. The molecule has 0 aliphatic carbocycles. The lowest BCUT2D eigenvalue weighted by Crippen LogP contribution is -2.15. The molecular formula is C10H11BrF3N. The van der Waals surface area contributed by atoms with Crippen LogP contribution in [0.1, 0.15) is 24.4 Å². The fraction of sp³-hybridized carbons (Fsp3) is 0.400. The largest absolute Gasteiger partial charge is 0.389 e. The summed E-state index contributed by atoms with van der Waals surface area (Å²) in [6, 6.07) is 6.46. The third-order valence-electron chi connectivity index (χ3n) is 2.02. The molecule has 1 rings (SSSR count). The van der Waals surface area contributed by atoms with Gasteiger partial charge >= 0.3 is 6.18 Å². The van der Waals surface area contributed by atoms with Crippen LogP contribution in [-0.4, -0.2) is 6.18 Å². The molecule has 0 bridgehead atoms. The Hall–Kier alpha value is -0.550. The van der Waals surface area contributed by atoms with Crippen molar-refractivity contribution in [1.82, 2.24) is 0 Å². The van der Waals surface area contributed by atoms with E-state index in [2.05, 4.69) is 15.9 Å². The fourth-order valence-corrected chi connectivity index (χ4v) is 1.64. The van der Waals surface area contributed by atoms with Crippen molar-refractivity contribution in [2.45, 2.75) is 25.1 Å². The molecule has 2 N–H and O–H groups in total. The van der Waals surface area contributed by atoms with Crippen LogP contribution in [0, 0.1) is 0 Å². The molecule has 1 atom stereocenters. The van der Waals surface area contributed by atoms with Gasteiger partial charge in [-0.25, -0.2) is 0 Å². The van der Waals surface area contributed by atoms with E-state index in [1.807, 2.05) is 0 Å². The highest BCUT2D eigenvalue weighted by atomic mass is 79.9. The normalized spacial score (nSPS) is 13.9. The molecule has 0 aliphatic heterocycles. The minimum atomic E-state index is -4.14. The molecule has 0 heterocycles. The van der Waals surface area contributed by atoms with Crippen LogP contribution in [0.25, 0.3) is 0 Å². The fourth-order valence-electron chi connectivity index (χ4n) is 1.22. The molecule has 0 saturated heterocycles. The number of hydrogen-bond donors (Lipinski definition) is 1. The van der Waals surface area contributed by atoms with Gasteiger partial charge in [0.25, 0.3) is 0 Å². The quantitative estimate of drug-likeness (QED) is 0.896. The Kier molecular flexibility index (Phi) is 4.16. The molecule has 1 aromatic carbocycles. The second kappa shape index (κ2) is 4.99. The van der Waals surface area contributed by atoms with E-state index in [1.54, 1.807) is 24.3 Å².